The molecule has 0 bridgehead atoms. The van der Waals surface area contributed by atoms with E-state index in [1.807, 2.05) is 12.1 Å². The van der Waals surface area contributed by atoms with E-state index in [1.54, 1.807) is 12.1 Å². The van der Waals surface area contributed by atoms with E-state index in [1.165, 1.54) is 7.11 Å². The van der Waals surface area contributed by atoms with E-state index >= 15 is 0 Å². The van der Waals surface area contributed by atoms with Crippen LogP contribution in [0.5, 0.6) is 0 Å². The van der Waals surface area contributed by atoms with Gasteiger partial charge in [0, 0.05) is 9.13 Å². The molecule has 1 amide bonds. The summed E-state index contributed by atoms with van der Waals surface area (Å²) in [7, 11) is 1.31. The van der Waals surface area contributed by atoms with E-state index in [0.29, 0.717) is 18.5 Å². The normalized spacial score (nSPS) is 11.8. The van der Waals surface area contributed by atoms with Crippen molar-refractivity contribution in [1.82, 2.24) is 5.32 Å². The molecule has 110 valence electrons. The zero-order valence-corrected chi connectivity index (χ0v) is 13.6. The van der Waals surface area contributed by atoms with Gasteiger partial charge in [0.25, 0.3) is 5.91 Å². The van der Waals surface area contributed by atoms with Crippen molar-refractivity contribution in [3.8, 4) is 0 Å². The molecule has 0 spiro atoms. The molecule has 6 heteroatoms. The van der Waals surface area contributed by atoms with Crippen LogP contribution in [0.2, 0.25) is 0 Å². The van der Waals surface area contributed by atoms with Crippen LogP contribution in [0.3, 0.4) is 0 Å². The average Bonchev–Trinajstić information content (AvgIpc) is 2.46. The molecular weight excluding hydrogens is 371 g/mol. The summed E-state index contributed by atoms with van der Waals surface area (Å²) in [6, 6.07) is 6.52. The molecule has 0 aliphatic heterocycles. The van der Waals surface area contributed by atoms with Crippen molar-refractivity contribution >= 4 is 34.5 Å². The van der Waals surface area contributed by atoms with Crippen LogP contribution in [0.1, 0.15) is 29.6 Å². The Morgan fingerprint density at radius 2 is 1.95 bits per heavy atom. The number of ether oxygens (including phenoxy) is 1. The van der Waals surface area contributed by atoms with E-state index in [9.17, 15) is 9.59 Å². The summed E-state index contributed by atoms with van der Waals surface area (Å²) in [6.45, 7) is 0.568. The first-order valence-corrected chi connectivity index (χ1v) is 7.50. The molecule has 0 heterocycles. The van der Waals surface area contributed by atoms with Gasteiger partial charge in [0.1, 0.15) is 6.04 Å². The minimum atomic E-state index is -0.627. The molecule has 20 heavy (non-hydrogen) atoms. The average molecular weight is 390 g/mol. The number of methoxy groups -OCH3 is 1. The predicted molar refractivity (Wildman–Crippen MR) is 85.3 cm³/mol. The lowest BCUT2D eigenvalue weighted by molar-refractivity contribution is -0.143. The molecule has 1 aromatic carbocycles. The fraction of sp³-hybridized carbons (Fsp3) is 0.429. The summed E-state index contributed by atoms with van der Waals surface area (Å²) in [5.74, 6) is -0.703. The third-order valence-electron chi connectivity index (χ3n) is 2.84. The number of rotatable bonds is 7. The zero-order valence-electron chi connectivity index (χ0n) is 11.4. The first-order chi connectivity index (χ1) is 9.58. The molecule has 5 nitrogen and oxygen atoms in total. The molecule has 3 N–H and O–H groups in total. The third-order valence-corrected chi connectivity index (χ3v) is 3.56. The van der Waals surface area contributed by atoms with Crippen LogP contribution in [0, 0.1) is 3.57 Å². The van der Waals surface area contributed by atoms with E-state index in [-0.39, 0.29) is 5.91 Å². The van der Waals surface area contributed by atoms with Crippen molar-refractivity contribution in [2.24, 2.45) is 5.73 Å². The first-order valence-electron chi connectivity index (χ1n) is 6.42. The van der Waals surface area contributed by atoms with E-state index in [2.05, 4.69) is 27.9 Å². The predicted octanol–water partition coefficient (Wildman–Crippen LogP) is 1.69. The topological polar surface area (TPSA) is 81.4 Å². The fourth-order valence-corrected chi connectivity index (χ4v) is 2.09. The van der Waals surface area contributed by atoms with Crippen molar-refractivity contribution in [2.75, 3.05) is 13.7 Å². The second-order valence-electron chi connectivity index (χ2n) is 4.34. The van der Waals surface area contributed by atoms with Crippen LogP contribution >= 0.6 is 22.6 Å². The van der Waals surface area contributed by atoms with Crippen LogP contribution in [-0.4, -0.2) is 31.6 Å². The molecule has 0 radical (unpaired) electrons. The van der Waals surface area contributed by atoms with Gasteiger partial charge in [-0.1, -0.05) is 0 Å². The molecule has 1 aromatic rings. The third kappa shape index (κ3) is 5.46. The second-order valence-corrected chi connectivity index (χ2v) is 5.59. The zero-order chi connectivity index (χ0) is 15.0. The van der Waals surface area contributed by atoms with Crippen LogP contribution in [0.25, 0.3) is 0 Å². The Morgan fingerprint density at radius 1 is 1.30 bits per heavy atom. The monoisotopic (exact) mass is 390 g/mol. The lowest BCUT2D eigenvalue weighted by Gasteiger charge is -2.16. The van der Waals surface area contributed by atoms with Crippen LogP contribution in [0.4, 0.5) is 0 Å². The number of hydrogen-bond donors (Lipinski definition) is 2. The quantitative estimate of drug-likeness (QED) is 0.422. The highest BCUT2D eigenvalue weighted by atomic mass is 127. The number of esters is 1. The highest BCUT2D eigenvalue weighted by Crippen LogP contribution is 2.08. The van der Waals surface area contributed by atoms with Gasteiger partial charge in [-0.05, 0) is 72.7 Å². The summed E-state index contributed by atoms with van der Waals surface area (Å²) < 4.78 is 5.76. The van der Waals surface area contributed by atoms with E-state index in [0.717, 1.165) is 16.4 Å². The highest BCUT2D eigenvalue weighted by Gasteiger charge is 2.21. The number of nitrogens with two attached hydrogens (primary N) is 1. The molecule has 0 saturated heterocycles. The van der Waals surface area contributed by atoms with E-state index in [4.69, 9.17) is 10.5 Å². The van der Waals surface area contributed by atoms with Crippen LogP contribution < -0.4 is 11.1 Å². The van der Waals surface area contributed by atoms with Crippen molar-refractivity contribution in [3.63, 3.8) is 0 Å². The summed E-state index contributed by atoms with van der Waals surface area (Å²) >= 11 is 2.17. The molecule has 0 aliphatic rings. The Balaban J connectivity index is 2.65. The van der Waals surface area contributed by atoms with Gasteiger partial charge in [-0.2, -0.15) is 0 Å². The Morgan fingerprint density at radius 3 is 2.50 bits per heavy atom. The fourth-order valence-electron chi connectivity index (χ4n) is 1.73. The second kappa shape index (κ2) is 8.91. The molecule has 0 saturated carbocycles. The molecule has 0 unspecified atom stereocenters. The molecular formula is C14H19IN2O3. The summed E-state index contributed by atoms with van der Waals surface area (Å²) in [4.78, 5) is 23.7. The van der Waals surface area contributed by atoms with Crippen LogP contribution in [-0.2, 0) is 9.53 Å². The lowest BCUT2D eigenvalue weighted by atomic mass is 10.1. The summed E-state index contributed by atoms with van der Waals surface area (Å²) in [5.41, 5.74) is 5.95. The Bertz CT molecular complexity index is 448. The minimum absolute atomic E-state index is 0.274. The summed E-state index contributed by atoms with van der Waals surface area (Å²) in [5, 5.41) is 2.71. The van der Waals surface area contributed by atoms with Gasteiger partial charge in [0.2, 0.25) is 0 Å². The summed E-state index contributed by atoms with van der Waals surface area (Å²) in [6.07, 6.45) is 2.11. The Labute approximate surface area is 132 Å². The molecule has 1 rings (SSSR count). The van der Waals surface area contributed by atoms with Gasteiger partial charge in [-0.25, -0.2) is 4.79 Å². The number of hydrogen-bond acceptors (Lipinski definition) is 4. The standard InChI is InChI=1S/C14H19IN2O3/c1-20-14(19)12(4-2-3-9-16)17-13(18)10-5-7-11(15)8-6-10/h5-8,12H,2-4,9,16H2,1H3,(H,17,18)/t12-/m0/s1. The number of carbonyl (C=O) groups excluding carboxylic acids is 2. The number of carbonyl (C=O) groups is 2. The lowest BCUT2D eigenvalue weighted by Crippen LogP contribution is -2.41. The maximum absolute atomic E-state index is 12.1. The molecule has 0 fully saturated rings. The number of amides is 1. The van der Waals surface area contributed by atoms with Crippen molar-refractivity contribution in [1.29, 1.82) is 0 Å². The van der Waals surface area contributed by atoms with Gasteiger partial charge in [-0.15, -0.1) is 0 Å². The molecule has 1 atom stereocenters. The Hall–Kier alpha value is -1.15. The number of nitrogens with one attached hydrogen (secondary N) is 1. The maximum atomic E-state index is 12.1. The van der Waals surface area contributed by atoms with Gasteiger partial charge >= 0.3 is 5.97 Å². The largest absolute Gasteiger partial charge is 0.467 e. The molecule has 0 aliphatic carbocycles. The number of halogens is 1. The number of unbranched alkanes of at least 4 members (excludes halogenated alkanes) is 1. The smallest absolute Gasteiger partial charge is 0.328 e. The van der Waals surface area contributed by atoms with E-state index < -0.39 is 12.0 Å². The van der Waals surface area contributed by atoms with Gasteiger partial charge < -0.3 is 15.8 Å². The molecule has 0 aromatic heterocycles. The maximum Gasteiger partial charge on any atom is 0.328 e. The Kier molecular flexibility index (Phi) is 7.53. The minimum Gasteiger partial charge on any atom is -0.467 e. The van der Waals surface area contributed by atoms with Gasteiger partial charge in [-0.3, -0.25) is 4.79 Å². The van der Waals surface area contributed by atoms with Gasteiger partial charge in [0.15, 0.2) is 0 Å². The highest BCUT2D eigenvalue weighted by molar-refractivity contribution is 14.1. The SMILES string of the molecule is COC(=O)[C@H](CCCCN)NC(=O)c1ccc(I)cc1. The van der Waals surface area contributed by atoms with Gasteiger partial charge in [0.05, 0.1) is 7.11 Å². The number of benzene rings is 1. The van der Waals surface area contributed by atoms with Crippen molar-refractivity contribution in [2.45, 2.75) is 25.3 Å². The van der Waals surface area contributed by atoms with Crippen molar-refractivity contribution in [3.05, 3.63) is 33.4 Å². The van der Waals surface area contributed by atoms with Crippen LogP contribution in [0.15, 0.2) is 24.3 Å². The van der Waals surface area contributed by atoms with Crippen molar-refractivity contribution < 1.29 is 14.3 Å². The first kappa shape index (κ1) is 16.9.